The number of pyridine rings is 1. The lowest BCUT2D eigenvalue weighted by molar-refractivity contribution is 0.794. The molecule has 2 aromatic heterocycles. The first-order valence-corrected chi connectivity index (χ1v) is 19.6. The van der Waals surface area contributed by atoms with E-state index in [0.717, 1.165) is 33.8 Å². The molecule has 1 spiro atoms. The highest BCUT2D eigenvalue weighted by Gasteiger charge is 2.51. The van der Waals surface area contributed by atoms with Crippen LogP contribution in [0.15, 0.2) is 188 Å². The van der Waals surface area contributed by atoms with Crippen molar-refractivity contribution in [1.29, 1.82) is 0 Å². The zero-order valence-corrected chi connectivity index (χ0v) is 31.7. The van der Waals surface area contributed by atoms with Crippen LogP contribution in [0.3, 0.4) is 0 Å². The SMILES string of the molecule is Cc1cc(C)c(-c2ccc3c(c2)-c2ccccc2C32c3ccccc3-c3cc(-c4cc(-c5ccccc5)nc(-c5ccc(-c6ccccc6)cc5)n4)ccc32)cn1. The largest absolute Gasteiger partial charge is 0.261 e. The Morgan fingerprint density at radius 3 is 1.46 bits per heavy atom. The normalized spacial score (nSPS) is 14.6. The van der Waals surface area contributed by atoms with Crippen molar-refractivity contribution in [2.45, 2.75) is 19.3 Å². The van der Waals surface area contributed by atoms with Crippen molar-refractivity contribution in [3.8, 4) is 78.4 Å². The quantitative estimate of drug-likeness (QED) is 0.177. The van der Waals surface area contributed by atoms with Crippen LogP contribution in [0.2, 0.25) is 0 Å². The molecule has 1 unspecified atom stereocenters. The van der Waals surface area contributed by atoms with Crippen LogP contribution in [0, 0.1) is 13.8 Å². The number of rotatable bonds is 5. The van der Waals surface area contributed by atoms with Crippen molar-refractivity contribution in [2.24, 2.45) is 0 Å². The molecule has 0 saturated carbocycles. The average molecular weight is 728 g/mol. The topological polar surface area (TPSA) is 38.7 Å². The Kier molecular flexibility index (Phi) is 7.52. The zero-order chi connectivity index (χ0) is 38.1. The fourth-order valence-corrected chi connectivity index (χ4v) is 9.40. The Balaban J connectivity index is 1.08. The van der Waals surface area contributed by atoms with Crippen molar-refractivity contribution < 1.29 is 0 Å². The molecule has 0 radical (unpaired) electrons. The molecule has 2 aliphatic rings. The number of hydrogen-bond donors (Lipinski definition) is 0. The van der Waals surface area contributed by atoms with Crippen molar-refractivity contribution in [2.75, 3.05) is 0 Å². The number of aromatic nitrogens is 3. The fourth-order valence-electron chi connectivity index (χ4n) is 9.40. The predicted octanol–water partition coefficient (Wildman–Crippen LogP) is 13.2. The summed E-state index contributed by atoms with van der Waals surface area (Å²) in [6.07, 6.45) is 2.02. The first-order valence-electron chi connectivity index (χ1n) is 19.6. The lowest BCUT2D eigenvalue weighted by Crippen LogP contribution is -2.25. The highest BCUT2D eigenvalue weighted by molar-refractivity contribution is 5.97. The monoisotopic (exact) mass is 727 g/mol. The maximum absolute atomic E-state index is 5.28. The van der Waals surface area contributed by atoms with E-state index in [0.29, 0.717) is 5.82 Å². The molecule has 9 aromatic rings. The molecule has 0 bridgehead atoms. The summed E-state index contributed by atoms with van der Waals surface area (Å²) in [6.45, 7) is 4.23. The molecule has 11 rings (SSSR count). The minimum atomic E-state index is -0.442. The van der Waals surface area contributed by atoms with Crippen LogP contribution in [-0.4, -0.2) is 15.0 Å². The molecule has 57 heavy (non-hydrogen) atoms. The third-order valence-electron chi connectivity index (χ3n) is 12.0. The molecule has 3 heteroatoms. The van der Waals surface area contributed by atoms with E-state index in [4.69, 9.17) is 9.97 Å². The van der Waals surface area contributed by atoms with Crippen LogP contribution in [0.25, 0.3) is 78.4 Å². The third-order valence-corrected chi connectivity index (χ3v) is 12.0. The second-order valence-electron chi connectivity index (χ2n) is 15.3. The molecule has 0 fully saturated rings. The van der Waals surface area contributed by atoms with Crippen LogP contribution < -0.4 is 0 Å². The van der Waals surface area contributed by atoms with Crippen molar-refractivity contribution in [3.63, 3.8) is 0 Å². The Hall–Kier alpha value is -7.23. The Labute approximate surface area is 333 Å². The minimum Gasteiger partial charge on any atom is -0.261 e. The smallest absolute Gasteiger partial charge is 0.160 e. The van der Waals surface area contributed by atoms with Gasteiger partial charge in [-0.25, -0.2) is 9.97 Å². The van der Waals surface area contributed by atoms with E-state index in [1.165, 1.54) is 72.3 Å². The summed E-state index contributed by atoms with van der Waals surface area (Å²) in [5.74, 6) is 0.705. The number of aryl methyl sites for hydroxylation is 2. The average Bonchev–Trinajstić information content (AvgIpc) is 3.73. The van der Waals surface area contributed by atoms with Crippen LogP contribution in [0.5, 0.6) is 0 Å². The summed E-state index contributed by atoms with van der Waals surface area (Å²) in [5.41, 5.74) is 21.7. The van der Waals surface area contributed by atoms with Gasteiger partial charge in [0.2, 0.25) is 0 Å². The summed E-state index contributed by atoms with van der Waals surface area (Å²) < 4.78 is 0. The molecule has 0 N–H and O–H groups in total. The van der Waals surface area contributed by atoms with Gasteiger partial charge in [-0.05, 0) is 105 Å². The highest BCUT2D eigenvalue weighted by Crippen LogP contribution is 2.63. The van der Waals surface area contributed by atoms with Gasteiger partial charge in [0.15, 0.2) is 5.82 Å². The van der Waals surface area contributed by atoms with Gasteiger partial charge in [0.05, 0.1) is 16.8 Å². The van der Waals surface area contributed by atoms with Gasteiger partial charge in [0.1, 0.15) is 0 Å². The van der Waals surface area contributed by atoms with Gasteiger partial charge < -0.3 is 0 Å². The summed E-state index contributed by atoms with van der Waals surface area (Å²) in [6, 6.07) is 65.8. The van der Waals surface area contributed by atoms with E-state index in [9.17, 15) is 0 Å². The fraction of sp³-hybridized carbons (Fsp3) is 0.0556. The van der Waals surface area contributed by atoms with E-state index in [-0.39, 0.29) is 0 Å². The molecule has 2 heterocycles. The second kappa shape index (κ2) is 12.9. The Morgan fingerprint density at radius 2 is 0.825 bits per heavy atom. The molecule has 7 aromatic carbocycles. The van der Waals surface area contributed by atoms with Gasteiger partial charge in [-0.3, -0.25) is 4.98 Å². The minimum absolute atomic E-state index is 0.442. The van der Waals surface area contributed by atoms with E-state index < -0.39 is 5.41 Å². The van der Waals surface area contributed by atoms with Crippen LogP contribution in [0.1, 0.15) is 33.5 Å². The standard InChI is InChI=1S/C54H37N3/c1-34-29-35(2)55-33-46(34)40-25-27-49-44(30-40)42-17-9-11-19-47(42)54(49)48-20-12-10-18-43(48)45-31-41(26-28-50(45)54)52-32-51(38-15-7-4-8-16-38)56-53(57-52)39-23-21-37(22-24-39)36-13-5-3-6-14-36/h3-33H,1-2H3. The third kappa shape index (κ3) is 5.16. The molecule has 1 atom stereocenters. The number of fused-ring (bicyclic) bond motifs is 10. The van der Waals surface area contributed by atoms with E-state index in [2.05, 4.69) is 189 Å². The van der Waals surface area contributed by atoms with Gasteiger partial charge in [0.25, 0.3) is 0 Å². The molecular weight excluding hydrogens is 691 g/mol. The van der Waals surface area contributed by atoms with Gasteiger partial charge in [0, 0.05) is 34.1 Å². The van der Waals surface area contributed by atoms with Crippen molar-refractivity contribution in [1.82, 2.24) is 15.0 Å². The lowest BCUT2D eigenvalue weighted by Gasteiger charge is -2.30. The lowest BCUT2D eigenvalue weighted by atomic mass is 9.70. The Morgan fingerprint density at radius 1 is 0.351 bits per heavy atom. The molecule has 0 aliphatic heterocycles. The zero-order valence-electron chi connectivity index (χ0n) is 31.7. The first kappa shape index (κ1) is 33.1. The van der Waals surface area contributed by atoms with E-state index >= 15 is 0 Å². The second-order valence-corrected chi connectivity index (χ2v) is 15.3. The summed E-state index contributed by atoms with van der Waals surface area (Å²) >= 11 is 0. The van der Waals surface area contributed by atoms with Crippen molar-refractivity contribution >= 4 is 0 Å². The molecule has 0 amide bonds. The number of benzene rings is 7. The van der Waals surface area contributed by atoms with Gasteiger partial charge in [-0.2, -0.15) is 0 Å². The summed E-state index contributed by atoms with van der Waals surface area (Å²) in [7, 11) is 0. The molecule has 3 nitrogen and oxygen atoms in total. The Bertz CT molecular complexity index is 3020. The maximum Gasteiger partial charge on any atom is 0.160 e. The van der Waals surface area contributed by atoms with Gasteiger partial charge in [-0.1, -0.05) is 158 Å². The highest BCUT2D eigenvalue weighted by atomic mass is 14.9. The number of nitrogens with zero attached hydrogens (tertiary/aromatic N) is 3. The molecule has 2 aliphatic carbocycles. The number of hydrogen-bond acceptors (Lipinski definition) is 3. The first-order chi connectivity index (χ1) is 28.1. The summed E-state index contributed by atoms with van der Waals surface area (Å²) in [5, 5.41) is 0. The molecule has 0 saturated heterocycles. The van der Waals surface area contributed by atoms with Gasteiger partial charge >= 0.3 is 0 Å². The van der Waals surface area contributed by atoms with E-state index in [1.54, 1.807) is 0 Å². The van der Waals surface area contributed by atoms with Crippen molar-refractivity contribution in [3.05, 3.63) is 222 Å². The summed E-state index contributed by atoms with van der Waals surface area (Å²) in [4.78, 5) is 15.1. The van der Waals surface area contributed by atoms with Crippen LogP contribution in [0.4, 0.5) is 0 Å². The maximum atomic E-state index is 5.28. The molecule has 268 valence electrons. The van der Waals surface area contributed by atoms with Crippen LogP contribution >= 0.6 is 0 Å². The molecular formula is C54H37N3. The van der Waals surface area contributed by atoms with Crippen LogP contribution in [-0.2, 0) is 5.41 Å². The van der Waals surface area contributed by atoms with E-state index in [1.807, 2.05) is 18.3 Å². The van der Waals surface area contributed by atoms with Gasteiger partial charge in [-0.15, -0.1) is 0 Å². The predicted molar refractivity (Wildman–Crippen MR) is 233 cm³/mol.